The smallest absolute Gasteiger partial charge is 0.0638 e. The summed E-state index contributed by atoms with van der Waals surface area (Å²) in [6.45, 7) is 9.99. The maximum Gasteiger partial charge on any atom is 0.0638 e. The van der Waals surface area contributed by atoms with Gasteiger partial charge in [0, 0.05) is 25.7 Å². The molecule has 0 saturated carbocycles. The average Bonchev–Trinajstić information content (AvgIpc) is 2.30. The number of hydrogen-bond acceptors (Lipinski definition) is 3. The molecular weight excluding hydrogens is 174 g/mol. The molecule has 2 atom stereocenters. The van der Waals surface area contributed by atoms with Gasteiger partial charge >= 0.3 is 0 Å². The van der Waals surface area contributed by atoms with Crippen LogP contribution < -0.4 is 5.32 Å². The van der Waals surface area contributed by atoms with Crippen molar-refractivity contribution in [1.29, 1.82) is 5.26 Å². The van der Waals surface area contributed by atoms with E-state index in [2.05, 4.69) is 29.8 Å². The lowest BCUT2D eigenvalue weighted by molar-refractivity contribution is 0.274. The van der Waals surface area contributed by atoms with Gasteiger partial charge in [0.1, 0.15) is 0 Å². The standard InChI is InChI=1S/C11H19N3/c1-3-6-14-8-10(2)7-13-11(9-14)4-5-12/h3,10-11,13H,1,4,6-9H2,2H3. The Kier molecular flexibility index (Phi) is 4.64. The summed E-state index contributed by atoms with van der Waals surface area (Å²) in [7, 11) is 0. The Labute approximate surface area is 86.4 Å². The molecule has 1 N–H and O–H groups in total. The predicted octanol–water partition coefficient (Wildman–Crippen LogP) is 0.996. The highest BCUT2D eigenvalue weighted by molar-refractivity contribution is 4.88. The molecule has 2 unspecified atom stereocenters. The molecule has 0 aromatic rings. The first-order valence-corrected chi connectivity index (χ1v) is 5.19. The van der Waals surface area contributed by atoms with Gasteiger partial charge in [0.2, 0.25) is 0 Å². The van der Waals surface area contributed by atoms with Crippen LogP contribution in [0.3, 0.4) is 0 Å². The van der Waals surface area contributed by atoms with Crippen LogP contribution in [0.5, 0.6) is 0 Å². The van der Waals surface area contributed by atoms with Crippen molar-refractivity contribution in [2.75, 3.05) is 26.2 Å². The molecule has 1 aliphatic heterocycles. The first-order chi connectivity index (χ1) is 6.76. The molecule has 14 heavy (non-hydrogen) atoms. The van der Waals surface area contributed by atoms with Crippen molar-refractivity contribution in [1.82, 2.24) is 10.2 Å². The molecule has 0 radical (unpaired) electrons. The minimum absolute atomic E-state index is 0.324. The Balaban J connectivity index is 2.50. The molecule has 0 aliphatic carbocycles. The summed E-state index contributed by atoms with van der Waals surface area (Å²) in [6.07, 6.45) is 2.53. The van der Waals surface area contributed by atoms with E-state index in [1.54, 1.807) is 0 Å². The molecule has 78 valence electrons. The topological polar surface area (TPSA) is 39.1 Å². The van der Waals surface area contributed by atoms with E-state index >= 15 is 0 Å². The van der Waals surface area contributed by atoms with Gasteiger partial charge in [-0.25, -0.2) is 0 Å². The maximum absolute atomic E-state index is 8.66. The summed E-state index contributed by atoms with van der Waals surface area (Å²) < 4.78 is 0. The third kappa shape index (κ3) is 3.49. The van der Waals surface area contributed by atoms with Crippen LogP contribution >= 0.6 is 0 Å². The number of nitriles is 1. The molecule has 3 heteroatoms. The van der Waals surface area contributed by atoms with E-state index in [4.69, 9.17) is 5.26 Å². The molecule has 1 aliphatic rings. The van der Waals surface area contributed by atoms with E-state index < -0.39 is 0 Å². The second-order valence-electron chi connectivity index (χ2n) is 4.08. The fourth-order valence-corrected chi connectivity index (χ4v) is 1.90. The molecule has 0 amide bonds. The van der Waals surface area contributed by atoms with Crippen LogP contribution in [0.2, 0.25) is 0 Å². The van der Waals surface area contributed by atoms with Crippen molar-refractivity contribution < 1.29 is 0 Å². The maximum atomic E-state index is 8.66. The molecule has 1 rings (SSSR count). The summed E-state index contributed by atoms with van der Waals surface area (Å²) in [5, 5.41) is 12.1. The van der Waals surface area contributed by atoms with E-state index in [9.17, 15) is 0 Å². The first-order valence-electron chi connectivity index (χ1n) is 5.19. The highest BCUT2D eigenvalue weighted by Gasteiger charge is 2.19. The molecule has 1 saturated heterocycles. The van der Waals surface area contributed by atoms with Crippen molar-refractivity contribution in [2.45, 2.75) is 19.4 Å². The summed E-state index contributed by atoms with van der Waals surface area (Å²) in [5.74, 6) is 0.652. The van der Waals surface area contributed by atoms with Crippen LogP contribution in [0.1, 0.15) is 13.3 Å². The van der Waals surface area contributed by atoms with Gasteiger partial charge in [-0.2, -0.15) is 5.26 Å². The fourth-order valence-electron chi connectivity index (χ4n) is 1.90. The minimum Gasteiger partial charge on any atom is -0.311 e. The normalized spacial score (nSPS) is 29.1. The molecule has 3 nitrogen and oxygen atoms in total. The Morgan fingerprint density at radius 2 is 2.43 bits per heavy atom. The lowest BCUT2D eigenvalue weighted by atomic mass is 10.2. The van der Waals surface area contributed by atoms with E-state index in [1.165, 1.54) is 0 Å². The number of hydrogen-bond donors (Lipinski definition) is 1. The molecule has 0 bridgehead atoms. The molecule has 0 aromatic carbocycles. The average molecular weight is 193 g/mol. The highest BCUT2D eigenvalue weighted by Crippen LogP contribution is 2.07. The molecular formula is C11H19N3. The second kappa shape index (κ2) is 5.79. The zero-order valence-corrected chi connectivity index (χ0v) is 8.87. The van der Waals surface area contributed by atoms with Gasteiger partial charge in [-0.1, -0.05) is 13.0 Å². The molecule has 1 fully saturated rings. The van der Waals surface area contributed by atoms with Gasteiger partial charge in [0.05, 0.1) is 12.5 Å². The van der Waals surface area contributed by atoms with E-state index in [1.807, 2.05) is 6.08 Å². The first kappa shape index (κ1) is 11.2. The van der Waals surface area contributed by atoms with E-state index in [0.29, 0.717) is 18.4 Å². The number of nitrogens with one attached hydrogen (secondary N) is 1. The Morgan fingerprint density at radius 1 is 1.64 bits per heavy atom. The van der Waals surface area contributed by atoms with Crippen LogP contribution in [0.25, 0.3) is 0 Å². The van der Waals surface area contributed by atoms with Crippen molar-refractivity contribution >= 4 is 0 Å². The van der Waals surface area contributed by atoms with Gasteiger partial charge in [-0.15, -0.1) is 6.58 Å². The van der Waals surface area contributed by atoms with Crippen molar-refractivity contribution in [3.8, 4) is 6.07 Å². The zero-order chi connectivity index (χ0) is 10.4. The Bertz CT molecular complexity index is 219. The number of rotatable bonds is 3. The lowest BCUT2D eigenvalue weighted by Gasteiger charge is -2.22. The summed E-state index contributed by atoms with van der Waals surface area (Å²) in [6, 6.07) is 2.55. The lowest BCUT2D eigenvalue weighted by Crippen LogP contribution is -2.37. The molecule has 1 heterocycles. The van der Waals surface area contributed by atoms with Gasteiger partial charge < -0.3 is 5.32 Å². The van der Waals surface area contributed by atoms with Gasteiger partial charge in [0.25, 0.3) is 0 Å². The van der Waals surface area contributed by atoms with Crippen molar-refractivity contribution in [3.05, 3.63) is 12.7 Å². The third-order valence-electron chi connectivity index (χ3n) is 2.53. The third-order valence-corrected chi connectivity index (χ3v) is 2.53. The van der Waals surface area contributed by atoms with Gasteiger partial charge in [-0.3, -0.25) is 4.90 Å². The Morgan fingerprint density at radius 3 is 3.07 bits per heavy atom. The van der Waals surface area contributed by atoms with Crippen LogP contribution in [0.4, 0.5) is 0 Å². The van der Waals surface area contributed by atoms with Crippen LogP contribution in [-0.2, 0) is 0 Å². The zero-order valence-electron chi connectivity index (χ0n) is 8.87. The minimum atomic E-state index is 0.324. The summed E-state index contributed by atoms with van der Waals surface area (Å²) in [4.78, 5) is 2.36. The molecule has 0 aromatic heterocycles. The summed E-state index contributed by atoms with van der Waals surface area (Å²) >= 11 is 0. The summed E-state index contributed by atoms with van der Waals surface area (Å²) in [5.41, 5.74) is 0. The Hall–Kier alpha value is -0.850. The second-order valence-corrected chi connectivity index (χ2v) is 4.08. The van der Waals surface area contributed by atoms with E-state index in [0.717, 1.165) is 26.2 Å². The van der Waals surface area contributed by atoms with Gasteiger partial charge in [-0.05, 0) is 12.5 Å². The van der Waals surface area contributed by atoms with E-state index in [-0.39, 0.29) is 0 Å². The van der Waals surface area contributed by atoms with Crippen molar-refractivity contribution in [3.63, 3.8) is 0 Å². The fraction of sp³-hybridized carbons (Fsp3) is 0.727. The largest absolute Gasteiger partial charge is 0.311 e. The predicted molar refractivity (Wildman–Crippen MR) is 57.8 cm³/mol. The van der Waals surface area contributed by atoms with Crippen LogP contribution in [-0.4, -0.2) is 37.1 Å². The SMILES string of the molecule is C=CCN1CC(C)CNC(CC#N)C1. The van der Waals surface area contributed by atoms with Gasteiger partial charge in [0.15, 0.2) is 0 Å². The monoisotopic (exact) mass is 193 g/mol. The van der Waals surface area contributed by atoms with Crippen molar-refractivity contribution in [2.24, 2.45) is 5.92 Å². The molecule has 0 spiro atoms. The highest BCUT2D eigenvalue weighted by atomic mass is 15.2. The van der Waals surface area contributed by atoms with Crippen LogP contribution in [0.15, 0.2) is 12.7 Å². The number of nitrogens with zero attached hydrogens (tertiary/aromatic N) is 2. The quantitative estimate of drug-likeness (QED) is 0.680. The van der Waals surface area contributed by atoms with Crippen LogP contribution in [0, 0.1) is 17.2 Å².